The number of aryl methyl sites for hydroxylation is 3. The van der Waals surface area contributed by atoms with E-state index in [1.165, 1.54) is 22.5 Å². The van der Waals surface area contributed by atoms with Crippen molar-refractivity contribution in [1.82, 2.24) is 4.98 Å². The summed E-state index contributed by atoms with van der Waals surface area (Å²) in [6.45, 7) is 2.05. The largest absolute Gasteiger partial charge is 0.497 e. The SMILES string of the molecule is COc1ccc(CCc2cccc(C(=O)Nc3nc4ccc(C)cc4s3)c2)cc1. The average molecular weight is 403 g/mol. The van der Waals surface area contributed by atoms with Gasteiger partial charge in [-0.05, 0) is 72.9 Å². The van der Waals surface area contributed by atoms with Crippen molar-refractivity contribution >= 4 is 32.6 Å². The van der Waals surface area contributed by atoms with E-state index < -0.39 is 0 Å². The number of methoxy groups -OCH3 is 1. The molecule has 0 aliphatic carbocycles. The number of amides is 1. The van der Waals surface area contributed by atoms with Crippen LogP contribution in [-0.2, 0) is 12.8 Å². The molecular weight excluding hydrogens is 380 g/mol. The molecule has 0 unspecified atom stereocenters. The van der Waals surface area contributed by atoms with Gasteiger partial charge in [0, 0.05) is 5.56 Å². The smallest absolute Gasteiger partial charge is 0.257 e. The Bertz CT molecular complexity index is 1150. The van der Waals surface area contributed by atoms with Crippen molar-refractivity contribution in [3.05, 3.63) is 89.0 Å². The van der Waals surface area contributed by atoms with Crippen LogP contribution in [0.15, 0.2) is 66.7 Å². The first-order valence-electron chi connectivity index (χ1n) is 9.51. The predicted octanol–water partition coefficient (Wildman–Crippen LogP) is 5.65. The van der Waals surface area contributed by atoms with Gasteiger partial charge in [-0.15, -0.1) is 0 Å². The third kappa shape index (κ3) is 4.63. The summed E-state index contributed by atoms with van der Waals surface area (Å²) in [5.41, 5.74) is 5.11. The normalized spacial score (nSPS) is 10.8. The second-order valence-corrected chi connectivity index (χ2v) is 8.02. The van der Waals surface area contributed by atoms with Gasteiger partial charge in [0.2, 0.25) is 0 Å². The first-order chi connectivity index (χ1) is 14.1. The van der Waals surface area contributed by atoms with Gasteiger partial charge >= 0.3 is 0 Å². The third-order valence-corrected chi connectivity index (χ3v) is 5.75. The molecule has 1 N–H and O–H groups in total. The summed E-state index contributed by atoms with van der Waals surface area (Å²) in [6, 6.07) is 22.0. The van der Waals surface area contributed by atoms with Crippen LogP contribution < -0.4 is 10.1 Å². The van der Waals surface area contributed by atoms with Crippen molar-refractivity contribution in [1.29, 1.82) is 0 Å². The van der Waals surface area contributed by atoms with E-state index >= 15 is 0 Å². The lowest BCUT2D eigenvalue weighted by molar-refractivity contribution is 0.102. The van der Waals surface area contributed by atoms with Gasteiger partial charge in [-0.2, -0.15) is 0 Å². The number of benzene rings is 3. The number of thiazole rings is 1. The minimum atomic E-state index is -0.132. The molecule has 1 heterocycles. The topological polar surface area (TPSA) is 51.2 Å². The van der Waals surface area contributed by atoms with Gasteiger partial charge in [0.1, 0.15) is 5.75 Å². The standard InChI is InChI=1S/C24H22N2O2S/c1-16-6-13-21-22(14-16)29-24(25-21)26-23(27)19-5-3-4-18(15-19)8-7-17-9-11-20(28-2)12-10-17/h3-6,9-15H,7-8H2,1-2H3,(H,25,26,27). The highest BCUT2D eigenvalue weighted by Crippen LogP contribution is 2.27. The molecule has 0 saturated heterocycles. The third-order valence-electron chi connectivity index (χ3n) is 4.81. The number of rotatable bonds is 6. The summed E-state index contributed by atoms with van der Waals surface area (Å²) in [5, 5.41) is 3.56. The highest BCUT2D eigenvalue weighted by molar-refractivity contribution is 7.22. The monoisotopic (exact) mass is 402 g/mol. The zero-order valence-corrected chi connectivity index (χ0v) is 17.3. The molecule has 5 heteroatoms. The maximum atomic E-state index is 12.7. The quantitative estimate of drug-likeness (QED) is 0.453. The fourth-order valence-electron chi connectivity index (χ4n) is 3.20. The van der Waals surface area contributed by atoms with Crippen LogP contribution in [-0.4, -0.2) is 18.0 Å². The number of carbonyl (C=O) groups is 1. The Balaban J connectivity index is 1.43. The number of hydrogen-bond donors (Lipinski definition) is 1. The lowest BCUT2D eigenvalue weighted by Crippen LogP contribution is -2.12. The fourth-order valence-corrected chi connectivity index (χ4v) is 4.16. The summed E-state index contributed by atoms with van der Waals surface area (Å²) in [5.74, 6) is 0.726. The number of aromatic nitrogens is 1. The van der Waals surface area contributed by atoms with Crippen LogP contribution in [0.1, 0.15) is 27.0 Å². The summed E-state index contributed by atoms with van der Waals surface area (Å²) < 4.78 is 6.28. The van der Waals surface area contributed by atoms with Gasteiger partial charge in [-0.3, -0.25) is 10.1 Å². The van der Waals surface area contributed by atoms with Crippen LogP contribution in [0.25, 0.3) is 10.2 Å². The highest BCUT2D eigenvalue weighted by atomic mass is 32.1. The van der Waals surface area contributed by atoms with Crippen LogP contribution in [0, 0.1) is 6.92 Å². The number of ether oxygens (including phenoxy) is 1. The van der Waals surface area contributed by atoms with Crippen molar-refractivity contribution < 1.29 is 9.53 Å². The summed E-state index contributed by atoms with van der Waals surface area (Å²) in [7, 11) is 1.67. The molecule has 4 aromatic rings. The number of nitrogens with one attached hydrogen (secondary N) is 1. The van der Waals surface area contributed by atoms with E-state index in [1.807, 2.05) is 42.5 Å². The van der Waals surface area contributed by atoms with Crippen molar-refractivity contribution in [2.24, 2.45) is 0 Å². The molecule has 0 bridgehead atoms. The zero-order chi connectivity index (χ0) is 20.2. The lowest BCUT2D eigenvalue weighted by Gasteiger charge is -2.06. The molecule has 3 aromatic carbocycles. The molecule has 4 rings (SSSR count). The van der Waals surface area contributed by atoms with E-state index in [2.05, 4.69) is 41.5 Å². The number of nitrogens with zero attached hydrogens (tertiary/aromatic N) is 1. The zero-order valence-electron chi connectivity index (χ0n) is 16.4. The minimum Gasteiger partial charge on any atom is -0.497 e. The Morgan fingerprint density at radius 2 is 1.79 bits per heavy atom. The number of fused-ring (bicyclic) bond motifs is 1. The molecule has 0 radical (unpaired) electrons. The van der Waals surface area contributed by atoms with E-state index in [4.69, 9.17) is 4.74 Å². The average Bonchev–Trinajstić information content (AvgIpc) is 3.14. The molecule has 4 nitrogen and oxygen atoms in total. The summed E-state index contributed by atoms with van der Waals surface area (Å²) in [6.07, 6.45) is 1.78. The first kappa shape index (κ1) is 19.2. The van der Waals surface area contributed by atoms with Crippen LogP contribution in [0.3, 0.4) is 0 Å². The van der Waals surface area contributed by atoms with E-state index in [1.54, 1.807) is 7.11 Å². The number of hydrogen-bond acceptors (Lipinski definition) is 4. The molecular formula is C24H22N2O2S. The molecule has 0 fully saturated rings. The summed E-state index contributed by atoms with van der Waals surface area (Å²) >= 11 is 1.50. The Morgan fingerprint density at radius 3 is 2.59 bits per heavy atom. The van der Waals surface area contributed by atoms with Crippen molar-refractivity contribution in [2.45, 2.75) is 19.8 Å². The highest BCUT2D eigenvalue weighted by Gasteiger charge is 2.11. The van der Waals surface area contributed by atoms with Gasteiger partial charge in [0.05, 0.1) is 17.3 Å². The molecule has 29 heavy (non-hydrogen) atoms. The van der Waals surface area contributed by atoms with E-state index in [0.29, 0.717) is 10.7 Å². The van der Waals surface area contributed by atoms with Crippen molar-refractivity contribution in [3.63, 3.8) is 0 Å². The molecule has 1 aromatic heterocycles. The lowest BCUT2D eigenvalue weighted by atomic mass is 10.0. The Morgan fingerprint density at radius 1 is 1.00 bits per heavy atom. The number of carbonyl (C=O) groups excluding carboxylic acids is 1. The van der Waals surface area contributed by atoms with Crippen LogP contribution in [0.5, 0.6) is 5.75 Å². The van der Waals surface area contributed by atoms with Crippen molar-refractivity contribution in [3.8, 4) is 5.75 Å². The second-order valence-electron chi connectivity index (χ2n) is 6.99. The molecule has 0 saturated carbocycles. The number of anilines is 1. The van der Waals surface area contributed by atoms with E-state index in [9.17, 15) is 4.79 Å². The van der Waals surface area contributed by atoms with Gasteiger partial charge in [-0.1, -0.05) is 41.7 Å². The fraction of sp³-hybridized carbons (Fsp3) is 0.167. The van der Waals surface area contributed by atoms with Gasteiger partial charge in [0.25, 0.3) is 5.91 Å². The Hall–Kier alpha value is -3.18. The summed E-state index contributed by atoms with van der Waals surface area (Å²) in [4.78, 5) is 17.2. The molecule has 146 valence electrons. The predicted molar refractivity (Wildman–Crippen MR) is 119 cm³/mol. The van der Waals surface area contributed by atoms with Crippen LogP contribution in [0.4, 0.5) is 5.13 Å². The molecule has 1 amide bonds. The van der Waals surface area contributed by atoms with Gasteiger partial charge in [-0.25, -0.2) is 4.98 Å². The maximum Gasteiger partial charge on any atom is 0.257 e. The molecule has 0 aliphatic heterocycles. The van der Waals surface area contributed by atoms with Crippen LogP contribution >= 0.6 is 11.3 Å². The van der Waals surface area contributed by atoms with E-state index in [0.717, 1.165) is 34.4 Å². The van der Waals surface area contributed by atoms with Crippen LogP contribution in [0.2, 0.25) is 0 Å². The molecule has 0 spiro atoms. The minimum absolute atomic E-state index is 0.132. The maximum absolute atomic E-state index is 12.7. The Kier molecular flexibility index (Phi) is 5.58. The molecule has 0 atom stereocenters. The Labute approximate surface area is 174 Å². The van der Waals surface area contributed by atoms with E-state index in [-0.39, 0.29) is 5.91 Å². The second kappa shape index (κ2) is 8.45. The molecule has 0 aliphatic rings. The van der Waals surface area contributed by atoms with Gasteiger partial charge < -0.3 is 4.74 Å². The van der Waals surface area contributed by atoms with Gasteiger partial charge in [0.15, 0.2) is 5.13 Å². The first-order valence-corrected chi connectivity index (χ1v) is 10.3. The van der Waals surface area contributed by atoms with Crippen molar-refractivity contribution in [2.75, 3.05) is 12.4 Å².